The molecule has 0 unspecified atom stereocenters. The maximum atomic E-state index is 15.0. The van der Waals surface area contributed by atoms with Crippen LogP contribution in [0.25, 0.3) is 0 Å². The van der Waals surface area contributed by atoms with E-state index < -0.39 is 10.0 Å². The third-order valence-corrected chi connectivity index (χ3v) is 9.56. The second-order valence-corrected chi connectivity index (χ2v) is 12.7. The van der Waals surface area contributed by atoms with E-state index >= 15 is 0 Å². The van der Waals surface area contributed by atoms with Crippen molar-refractivity contribution >= 4 is 21.5 Å². The fourth-order valence-corrected chi connectivity index (χ4v) is 6.70. The Hall–Kier alpha value is -2.49. The zero-order chi connectivity index (χ0) is 28.0. The molecule has 0 radical (unpaired) electrons. The minimum Gasteiger partial charge on any atom is -0.497 e. The fraction of sp³-hybridized carbons (Fsp3) is 0.552. The normalized spacial score (nSPS) is 14.9. The lowest BCUT2D eigenvalue weighted by atomic mass is 9.93. The van der Waals surface area contributed by atoms with E-state index in [-0.39, 0.29) is 35.9 Å². The molecule has 1 aliphatic rings. The van der Waals surface area contributed by atoms with Crippen molar-refractivity contribution in [1.82, 2.24) is 9.21 Å². The molecule has 2 aromatic carbocycles. The quantitative estimate of drug-likeness (QED) is 0.391. The van der Waals surface area contributed by atoms with Crippen molar-refractivity contribution in [1.29, 1.82) is 0 Å². The summed E-state index contributed by atoms with van der Waals surface area (Å²) in [7, 11) is 3.41. The molecule has 9 heteroatoms. The molecule has 0 N–H and O–H groups in total. The summed E-state index contributed by atoms with van der Waals surface area (Å²) < 4.78 is 47.8. The third kappa shape index (κ3) is 7.55. The number of Topliss-reactive ketones (excluding diaryl/α,β-unsaturated/α-hetero) is 1. The summed E-state index contributed by atoms with van der Waals surface area (Å²) in [4.78, 5) is 17.2. The third-order valence-electron chi connectivity index (χ3n) is 7.40. The standard InChI is InChI=1S/C29H42FN3O4S/c1-21-17-26(37-6)18-22(2)29(21)38(35,36)32(5)14-12-25(34)19-24-7-8-28(27(30)20-24)33-15-10-23(11-16-33)9-13-31(3)4/h7-8,17-18,20,23H,9-16,19H2,1-6H3. The molecule has 0 spiro atoms. The number of rotatable bonds is 12. The largest absolute Gasteiger partial charge is 0.497 e. The molecule has 210 valence electrons. The average Bonchev–Trinajstić information content (AvgIpc) is 2.85. The highest BCUT2D eigenvalue weighted by molar-refractivity contribution is 7.89. The van der Waals surface area contributed by atoms with Gasteiger partial charge in [0, 0.05) is 39.5 Å². The smallest absolute Gasteiger partial charge is 0.243 e. The number of aryl methyl sites for hydroxylation is 2. The van der Waals surface area contributed by atoms with Crippen LogP contribution in [0.1, 0.15) is 42.4 Å². The topological polar surface area (TPSA) is 70.2 Å². The van der Waals surface area contributed by atoms with Crippen molar-refractivity contribution < 1.29 is 22.3 Å². The summed E-state index contributed by atoms with van der Waals surface area (Å²) in [6.07, 6.45) is 3.39. The maximum Gasteiger partial charge on any atom is 0.243 e. The summed E-state index contributed by atoms with van der Waals surface area (Å²) in [6.45, 7) is 6.25. The van der Waals surface area contributed by atoms with Crippen LogP contribution in [0.3, 0.4) is 0 Å². The van der Waals surface area contributed by atoms with Gasteiger partial charge in [0.05, 0.1) is 17.7 Å². The Balaban J connectivity index is 1.55. The molecule has 0 amide bonds. The molecule has 1 heterocycles. The van der Waals surface area contributed by atoms with E-state index in [0.29, 0.717) is 34.0 Å². The number of methoxy groups -OCH3 is 1. The van der Waals surface area contributed by atoms with Gasteiger partial charge in [-0.3, -0.25) is 4.79 Å². The number of anilines is 1. The Morgan fingerprint density at radius 3 is 2.24 bits per heavy atom. The number of sulfonamides is 1. The van der Waals surface area contributed by atoms with Crippen molar-refractivity contribution in [2.24, 2.45) is 5.92 Å². The molecule has 0 saturated carbocycles. The highest BCUT2D eigenvalue weighted by Gasteiger charge is 2.26. The lowest BCUT2D eigenvalue weighted by Crippen LogP contribution is -2.35. The van der Waals surface area contributed by atoms with Crippen molar-refractivity contribution in [2.75, 3.05) is 59.3 Å². The molecule has 2 aromatic rings. The number of halogens is 1. The minimum absolute atomic E-state index is 0.0494. The SMILES string of the molecule is COc1cc(C)c(S(=O)(=O)N(C)CCC(=O)Cc2ccc(N3CCC(CCN(C)C)CC3)c(F)c2)c(C)c1. The van der Waals surface area contributed by atoms with Crippen LogP contribution in [0.4, 0.5) is 10.1 Å². The Bertz CT molecular complexity index is 1200. The lowest BCUT2D eigenvalue weighted by molar-refractivity contribution is -0.118. The number of nitrogens with zero attached hydrogens (tertiary/aromatic N) is 3. The highest BCUT2D eigenvalue weighted by atomic mass is 32.2. The summed E-state index contributed by atoms with van der Waals surface area (Å²) in [5, 5.41) is 0. The first-order chi connectivity index (χ1) is 17.9. The molecule has 0 aliphatic carbocycles. The zero-order valence-corrected chi connectivity index (χ0v) is 24.4. The summed E-state index contributed by atoms with van der Waals surface area (Å²) in [6, 6.07) is 8.38. The number of ether oxygens (including phenoxy) is 1. The molecule has 1 aliphatic heterocycles. The Morgan fingerprint density at radius 1 is 1.05 bits per heavy atom. The van der Waals surface area contributed by atoms with E-state index in [1.54, 1.807) is 38.1 Å². The number of ketones is 1. The molecular formula is C29H42FN3O4S. The van der Waals surface area contributed by atoms with Crippen LogP contribution in [0.5, 0.6) is 5.75 Å². The van der Waals surface area contributed by atoms with E-state index in [1.807, 2.05) is 0 Å². The number of benzene rings is 2. The van der Waals surface area contributed by atoms with Gasteiger partial charge in [0.1, 0.15) is 17.3 Å². The van der Waals surface area contributed by atoms with Crippen LogP contribution in [-0.2, 0) is 21.2 Å². The van der Waals surface area contributed by atoms with Gasteiger partial charge in [-0.15, -0.1) is 0 Å². The van der Waals surface area contributed by atoms with Crippen LogP contribution >= 0.6 is 0 Å². The van der Waals surface area contributed by atoms with Gasteiger partial charge >= 0.3 is 0 Å². The predicted molar refractivity (Wildman–Crippen MR) is 150 cm³/mol. The second kappa shape index (κ2) is 13.0. The molecule has 1 saturated heterocycles. The predicted octanol–water partition coefficient (Wildman–Crippen LogP) is 4.44. The van der Waals surface area contributed by atoms with Crippen LogP contribution in [0, 0.1) is 25.6 Å². The molecule has 0 bridgehead atoms. The number of piperidine rings is 1. The molecule has 3 rings (SSSR count). The van der Waals surface area contributed by atoms with Gasteiger partial charge in [-0.1, -0.05) is 6.07 Å². The van der Waals surface area contributed by atoms with E-state index in [2.05, 4.69) is 23.9 Å². The number of hydrogen-bond donors (Lipinski definition) is 0. The monoisotopic (exact) mass is 547 g/mol. The van der Waals surface area contributed by atoms with Crippen LogP contribution in [0.15, 0.2) is 35.2 Å². The first kappa shape index (κ1) is 30.1. The lowest BCUT2D eigenvalue weighted by Gasteiger charge is -2.34. The molecule has 38 heavy (non-hydrogen) atoms. The summed E-state index contributed by atoms with van der Waals surface area (Å²) in [5.41, 5.74) is 2.37. The van der Waals surface area contributed by atoms with E-state index in [4.69, 9.17) is 4.74 Å². The zero-order valence-electron chi connectivity index (χ0n) is 23.6. The van der Waals surface area contributed by atoms with E-state index in [1.165, 1.54) is 30.9 Å². The van der Waals surface area contributed by atoms with Crippen molar-refractivity contribution in [3.8, 4) is 5.75 Å². The highest BCUT2D eigenvalue weighted by Crippen LogP contribution is 2.29. The van der Waals surface area contributed by atoms with Gasteiger partial charge in [0.15, 0.2) is 0 Å². The average molecular weight is 548 g/mol. The van der Waals surface area contributed by atoms with Gasteiger partial charge < -0.3 is 14.5 Å². The van der Waals surface area contributed by atoms with Gasteiger partial charge in [-0.25, -0.2) is 17.1 Å². The van der Waals surface area contributed by atoms with Crippen LogP contribution in [-0.4, -0.2) is 77.8 Å². The molecule has 1 fully saturated rings. The number of hydrogen-bond acceptors (Lipinski definition) is 6. The van der Waals surface area contributed by atoms with Gasteiger partial charge in [0.2, 0.25) is 10.0 Å². The molecule has 7 nitrogen and oxygen atoms in total. The maximum absolute atomic E-state index is 15.0. The first-order valence-electron chi connectivity index (χ1n) is 13.2. The molecule has 0 aromatic heterocycles. The molecule has 0 atom stereocenters. The number of carbonyl (C=O) groups excluding carboxylic acids is 1. The molecular weight excluding hydrogens is 505 g/mol. The van der Waals surface area contributed by atoms with Gasteiger partial charge in [-0.2, -0.15) is 0 Å². The second-order valence-electron chi connectivity index (χ2n) is 10.7. The Kier molecular flexibility index (Phi) is 10.3. The van der Waals surface area contributed by atoms with Crippen molar-refractivity contribution in [2.45, 2.75) is 50.8 Å². The van der Waals surface area contributed by atoms with E-state index in [9.17, 15) is 17.6 Å². The van der Waals surface area contributed by atoms with Crippen LogP contribution in [0.2, 0.25) is 0 Å². The number of carbonyl (C=O) groups is 1. The summed E-state index contributed by atoms with van der Waals surface area (Å²) in [5.74, 6) is 0.823. The Morgan fingerprint density at radius 2 is 1.68 bits per heavy atom. The first-order valence-corrected chi connectivity index (χ1v) is 14.7. The fourth-order valence-electron chi connectivity index (χ4n) is 5.13. The minimum atomic E-state index is -3.77. The van der Waals surface area contributed by atoms with Gasteiger partial charge in [0.25, 0.3) is 0 Å². The Labute approximate surface area is 227 Å². The van der Waals surface area contributed by atoms with Crippen molar-refractivity contribution in [3.05, 3.63) is 52.8 Å². The van der Waals surface area contributed by atoms with Crippen molar-refractivity contribution in [3.63, 3.8) is 0 Å². The van der Waals surface area contributed by atoms with E-state index in [0.717, 1.165) is 32.5 Å². The van der Waals surface area contributed by atoms with Gasteiger partial charge in [-0.05, 0) is 101 Å². The van der Waals surface area contributed by atoms with Crippen LogP contribution < -0.4 is 9.64 Å². The summed E-state index contributed by atoms with van der Waals surface area (Å²) >= 11 is 0.